The zero-order chi connectivity index (χ0) is 41.4. The molecule has 9 aromatic rings. The maximum Gasteiger partial charge on any atom is 0.0948 e. The molecule has 298 valence electrons. The monoisotopic (exact) mass is 797 g/mol. The average molecular weight is 798 g/mol. The van der Waals surface area contributed by atoms with Crippen LogP contribution in [0.25, 0.3) is 0 Å². The highest BCUT2D eigenvalue weighted by Crippen LogP contribution is 2.63. The van der Waals surface area contributed by atoms with Crippen molar-refractivity contribution < 1.29 is 0 Å². The maximum absolute atomic E-state index is 2.57. The van der Waals surface area contributed by atoms with Gasteiger partial charge in [0.1, 0.15) is 0 Å². The van der Waals surface area contributed by atoms with Gasteiger partial charge < -0.3 is 14.7 Å². The van der Waals surface area contributed by atoms with E-state index in [4.69, 9.17) is 0 Å². The van der Waals surface area contributed by atoms with Crippen LogP contribution >= 0.6 is 0 Å². The van der Waals surface area contributed by atoms with Crippen molar-refractivity contribution in [1.82, 2.24) is 0 Å². The topological polar surface area (TPSA) is 9.72 Å². The molecule has 0 saturated carbocycles. The number of nitrogens with zero attached hydrogens (tertiary/aromatic N) is 3. The predicted octanol–water partition coefficient (Wildman–Crippen LogP) is 15.4. The van der Waals surface area contributed by atoms with Crippen molar-refractivity contribution in [2.24, 2.45) is 0 Å². The molecule has 0 unspecified atom stereocenters. The zero-order valence-corrected chi connectivity index (χ0v) is 35.0. The molecule has 0 amide bonds. The molecular weight excluding hydrogens is 751 g/mol. The van der Waals surface area contributed by atoms with Gasteiger partial charge >= 0.3 is 0 Å². The third-order valence-corrected chi connectivity index (χ3v) is 12.4. The van der Waals surface area contributed by atoms with E-state index in [2.05, 4.69) is 240 Å². The highest BCUT2D eigenvalue weighted by Gasteiger charge is 2.39. The molecule has 0 aliphatic carbocycles. The van der Waals surface area contributed by atoms with Crippen LogP contribution in [0, 0.1) is 6.92 Å². The largest absolute Gasteiger partial charge is 0.306 e. The fourth-order valence-electron chi connectivity index (χ4n) is 9.44. The lowest BCUT2D eigenvalue weighted by Gasteiger charge is -2.47. The van der Waals surface area contributed by atoms with E-state index >= 15 is 0 Å². The summed E-state index contributed by atoms with van der Waals surface area (Å²) < 4.78 is 0. The average Bonchev–Trinajstić information content (AvgIpc) is 3.31. The SMILES string of the molecule is Cc1cc2c3c(c1)N(c1ccc(Cc4ccccc4)cc1)c1ccc(Cc4ccccc4)cc1N3c1cc(Cc3ccccc3)ccc1N2c1ccc(Cc2ccccc2)cc1. The highest BCUT2D eigenvalue weighted by atomic mass is 15.3. The lowest BCUT2D eigenvalue weighted by molar-refractivity contribution is 1.09. The van der Waals surface area contributed by atoms with Crippen LogP contribution in [-0.4, -0.2) is 0 Å². The number of hydrogen-bond donors (Lipinski definition) is 0. The summed E-state index contributed by atoms with van der Waals surface area (Å²) in [6.07, 6.45) is 3.50. The van der Waals surface area contributed by atoms with Crippen LogP contribution < -0.4 is 14.7 Å². The summed E-state index contributed by atoms with van der Waals surface area (Å²) >= 11 is 0. The third kappa shape index (κ3) is 7.22. The van der Waals surface area contributed by atoms with E-state index in [0.29, 0.717) is 0 Å². The molecule has 0 bridgehead atoms. The summed E-state index contributed by atoms with van der Waals surface area (Å²) in [5, 5.41) is 0. The van der Waals surface area contributed by atoms with E-state index in [1.165, 1.54) is 89.9 Å². The van der Waals surface area contributed by atoms with Gasteiger partial charge in [0.05, 0.1) is 39.8 Å². The zero-order valence-electron chi connectivity index (χ0n) is 35.0. The Morgan fingerprint density at radius 2 is 0.565 bits per heavy atom. The predicted molar refractivity (Wildman–Crippen MR) is 259 cm³/mol. The second-order valence-corrected chi connectivity index (χ2v) is 16.8. The Hall–Kier alpha value is -7.62. The lowest BCUT2D eigenvalue weighted by Crippen LogP contribution is -2.30. The van der Waals surface area contributed by atoms with Crippen LogP contribution in [-0.2, 0) is 25.7 Å². The molecule has 0 spiro atoms. The second-order valence-electron chi connectivity index (χ2n) is 16.8. The summed E-state index contributed by atoms with van der Waals surface area (Å²) in [5.41, 5.74) is 22.1. The Kier molecular flexibility index (Phi) is 9.71. The van der Waals surface area contributed by atoms with Gasteiger partial charge in [0.15, 0.2) is 0 Å². The van der Waals surface area contributed by atoms with Crippen LogP contribution in [0.4, 0.5) is 51.2 Å². The van der Waals surface area contributed by atoms with Crippen LogP contribution in [0.15, 0.2) is 218 Å². The van der Waals surface area contributed by atoms with Crippen molar-refractivity contribution in [1.29, 1.82) is 0 Å². The molecule has 2 aliphatic heterocycles. The van der Waals surface area contributed by atoms with E-state index in [0.717, 1.165) is 37.1 Å². The molecule has 0 fully saturated rings. The van der Waals surface area contributed by atoms with Crippen molar-refractivity contribution in [2.45, 2.75) is 32.6 Å². The Bertz CT molecular complexity index is 2790. The van der Waals surface area contributed by atoms with Gasteiger partial charge in [-0.05, 0) is 143 Å². The Morgan fingerprint density at radius 3 is 0.919 bits per heavy atom. The van der Waals surface area contributed by atoms with E-state index in [1.54, 1.807) is 0 Å². The van der Waals surface area contributed by atoms with E-state index in [9.17, 15) is 0 Å². The molecule has 62 heavy (non-hydrogen) atoms. The standard InChI is InChI=1S/C59H47N3/c1-42-34-57-59-58(35-42)61(52-30-24-48(25-31-52)37-44-16-8-3-9-17-44)54-33-27-50(39-46-20-12-5-13-21-46)41-56(54)62(59)55-40-49(38-45-18-10-4-11-19-45)26-32-53(55)60(57)51-28-22-47(23-29-51)36-43-14-6-2-7-15-43/h2-35,40-41H,36-39H2,1H3. The highest BCUT2D eigenvalue weighted by molar-refractivity contribution is 6.12. The van der Waals surface area contributed by atoms with Gasteiger partial charge in [0.2, 0.25) is 0 Å². The van der Waals surface area contributed by atoms with Crippen molar-refractivity contribution >= 4 is 51.2 Å². The van der Waals surface area contributed by atoms with Crippen LogP contribution in [0.2, 0.25) is 0 Å². The molecule has 2 aliphatic rings. The van der Waals surface area contributed by atoms with Crippen molar-refractivity contribution in [3.63, 3.8) is 0 Å². The summed E-state index contributed by atoms with van der Waals surface area (Å²) in [6, 6.07) is 80.6. The normalized spacial score (nSPS) is 12.4. The number of hydrogen-bond acceptors (Lipinski definition) is 3. The molecule has 0 saturated heterocycles. The van der Waals surface area contributed by atoms with E-state index in [-0.39, 0.29) is 0 Å². The Morgan fingerprint density at radius 1 is 0.258 bits per heavy atom. The molecule has 0 radical (unpaired) electrons. The molecule has 3 nitrogen and oxygen atoms in total. The number of aryl methyl sites for hydroxylation is 1. The molecular formula is C59H47N3. The second kappa shape index (κ2) is 16.1. The van der Waals surface area contributed by atoms with Gasteiger partial charge in [-0.15, -0.1) is 0 Å². The minimum absolute atomic E-state index is 0.853. The quantitative estimate of drug-likeness (QED) is 0.136. The summed E-state index contributed by atoms with van der Waals surface area (Å²) in [4.78, 5) is 7.56. The molecule has 2 heterocycles. The first kappa shape index (κ1) is 37.4. The van der Waals surface area contributed by atoms with Crippen LogP contribution in [0.5, 0.6) is 0 Å². The van der Waals surface area contributed by atoms with Crippen molar-refractivity contribution in [3.05, 3.63) is 268 Å². The van der Waals surface area contributed by atoms with Crippen molar-refractivity contribution in [2.75, 3.05) is 14.7 Å². The van der Waals surface area contributed by atoms with Gasteiger partial charge in [-0.3, -0.25) is 0 Å². The van der Waals surface area contributed by atoms with Gasteiger partial charge in [-0.2, -0.15) is 0 Å². The molecule has 9 aromatic carbocycles. The van der Waals surface area contributed by atoms with Gasteiger partial charge in [-0.1, -0.05) is 158 Å². The van der Waals surface area contributed by atoms with E-state index in [1.807, 2.05) is 0 Å². The van der Waals surface area contributed by atoms with Crippen molar-refractivity contribution in [3.8, 4) is 0 Å². The molecule has 0 atom stereocenters. The number of fused-ring (bicyclic) bond motifs is 4. The number of rotatable bonds is 10. The Labute approximate surface area is 365 Å². The molecule has 0 N–H and O–H groups in total. The fourth-order valence-corrected chi connectivity index (χ4v) is 9.44. The van der Waals surface area contributed by atoms with E-state index < -0.39 is 0 Å². The fraction of sp³-hybridized carbons (Fsp3) is 0.0847. The molecule has 0 aromatic heterocycles. The minimum atomic E-state index is 0.853. The summed E-state index contributed by atoms with van der Waals surface area (Å²) in [5.74, 6) is 0. The summed E-state index contributed by atoms with van der Waals surface area (Å²) in [7, 11) is 0. The number of benzene rings is 9. The first-order chi connectivity index (χ1) is 30.6. The molecule has 11 rings (SSSR count). The maximum atomic E-state index is 2.57. The van der Waals surface area contributed by atoms with Crippen LogP contribution in [0.1, 0.15) is 50.1 Å². The first-order valence-electron chi connectivity index (χ1n) is 21.8. The molecule has 3 heteroatoms. The summed E-state index contributed by atoms with van der Waals surface area (Å²) in [6.45, 7) is 2.24. The van der Waals surface area contributed by atoms with Gasteiger partial charge in [0, 0.05) is 11.4 Å². The van der Waals surface area contributed by atoms with Crippen LogP contribution in [0.3, 0.4) is 0 Å². The third-order valence-electron chi connectivity index (χ3n) is 12.4. The number of anilines is 9. The first-order valence-corrected chi connectivity index (χ1v) is 21.8. The lowest BCUT2D eigenvalue weighted by atomic mass is 9.94. The minimum Gasteiger partial charge on any atom is -0.306 e. The van der Waals surface area contributed by atoms with Gasteiger partial charge in [-0.25, -0.2) is 0 Å². The smallest absolute Gasteiger partial charge is 0.0948 e. The van der Waals surface area contributed by atoms with Gasteiger partial charge in [0.25, 0.3) is 0 Å². The Balaban J connectivity index is 1.10.